The Hall–Kier alpha value is -2.91. The van der Waals surface area contributed by atoms with E-state index in [4.69, 9.17) is 16.3 Å². The minimum atomic E-state index is -0.249. The lowest BCUT2D eigenvalue weighted by Gasteiger charge is -2.10. The molecule has 4 aromatic rings. The van der Waals surface area contributed by atoms with Crippen molar-refractivity contribution in [2.75, 3.05) is 6.61 Å². The number of hydrogen-bond acceptors (Lipinski definition) is 1. The summed E-state index contributed by atoms with van der Waals surface area (Å²) in [7, 11) is 0. The van der Waals surface area contributed by atoms with E-state index in [0.29, 0.717) is 53.2 Å². The third-order valence-corrected chi connectivity index (χ3v) is 6.13. The third-order valence-electron chi connectivity index (χ3n) is 5.88. The van der Waals surface area contributed by atoms with Crippen LogP contribution in [0.4, 0.5) is 8.78 Å². The number of ether oxygens (including phenoxy) is 1. The highest BCUT2D eigenvalue weighted by Gasteiger charge is 2.10. The van der Waals surface area contributed by atoms with Crippen molar-refractivity contribution in [1.82, 2.24) is 0 Å². The fourth-order valence-electron chi connectivity index (χ4n) is 3.98. The van der Waals surface area contributed by atoms with E-state index in [0.717, 1.165) is 29.4 Å². The summed E-state index contributed by atoms with van der Waals surface area (Å²) in [5.74, 6) is 0.147. The lowest BCUT2D eigenvalue weighted by Crippen LogP contribution is -1.99. The fraction of sp³-hybridized carbons (Fsp3) is 0.241. The van der Waals surface area contributed by atoms with Crippen LogP contribution < -0.4 is 4.74 Å². The van der Waals surface area contributed by atoms with E-state index in [-0.39, 0.29) is 11.6 Å². The normalized spacial score (nSPS) is 11.2. The first kappa shape index (κ1) is 23.3. The third kappa shape index (κ3) is 5.91. The molecule has 0 aliphatic rings. The average Bonchev–Trinajstić information content (AvgIpc) is 2.82. The highest BCUT2D eigenvalue weighted by Crippen LogP contribution is 2.25. The monoisotopic (exact) mass is 464 g/mol. The zero-order chi connectivity index (χ0) is 23.2. The van der Waals surface area contributed by atoms with Gasteiger partial charge in [0.2, 0.25) is 0 Å². The van der Waals surface area contributed by atoms with E-state index in [1.807, 2.05) is 67.6 Å². The second kappa shape index (κ2) is 10.8. The molecule has 0 saturated heterocycles. The summed E-state index contributed by atoms with van der Waals surface area (Å²) in [6.45, 7) is 2.59. The van der Waals surface area contributed by atoms with Crippen LogP contribution >= 0.6 is 11.6 Å². The van der Waals surface area contributed by atoms with Gasteiger partial charge in [-0.15, -0.1) is 0 Å². The maximum Gasteiger partial charge on any atom is 0.134 e. The van der Waals surface area contributed by atoms with Crippen LogP contribution in [0.5, 0.6) is 5.75 Å². The Labute approximate surface area is 199 Å². The number of rotatable bonds is 9. The maximum absolute atomic E-state index is 15.1. The SMILES string of the molecule is CCCOc1ccc(CCc2ccc3c(F)c(CCc4ccc(Cl)cc4)ccc3c2)c(F)c1. The molecule has 0 amide bonds. The standard InChI is InChI=1S/C29H27ClF2O/c1-2-17-33-26-15-12-22(28(31)19-26)8-4-21-7-16-27-24(18-21)11-10-23(29(27)32)9-3-20-5-13-25(30)14-6-20/h5-7,10-16,18-19H,2-4,8-9,17H2,1H3. The average molecular weight is 465 g/mol. The molecule has 0 saturated carbocycles. The van der Waals surface area contributed by atoms with Gasteiger partial charge in [-0.05, 0) is 77.9 Å². The first-order chi connectivity index (χ1) is 16.0. The molecule has 0 N–H and O–H groups in total. The molecule has 4 aromatic carbocycles. The van der Waals surface area contributed by atoms with E-state index < -0.39 is 0 Å². The summed E-state index contributed by atoms with van der Waals surface area (Å²) in [6, 6.07) is 22.3. The number of fused-ring (bicyclic) bond motifs is 1. The molecule has 0 radical (unpaired) electrons. The first-order valence-corrected chi connectivity index (χ1v) is 11.8. The summed E-state index contributed by atoms with van der Waals surface area (Å²) >= 11 is 5.94. The molecule has 0 heterocycles. The molecule has 0 unspecified atom stereocenters. The molecule has 4 rings (SSSR count). The van der Waals surface area contributed by atoms with Crippen LogP contribution in [0.1, 0.15) is 35.6 Å². The van der Waals surface area contributed by atoms with Gasteiger partial charge in [0, 0.05) is 16.5 Å². The van der Waals surface area contributed by atoms with Crippen LogP contribution in [0.15, 0.2) is 72.8 Å². The fourth-order valence-corrected chi connectivity index (χ4v) is 4.11. The Morgan fingerprint density at radius 2 is 1.42 bits per heavy atom. The summed E-state index contributed by atoms with van der Waals surface area (Å²) in [4.78, 5) is 0. The molecule has 0 aliphatic carbocycles. The van der Waals surface area contributed by atoms with E-state index in [9.17, 15) is 4.39 Å². The van der Waals surface area contributed by atoms with Gasteiger partial charge in [0.05, 0.1) is 6.61 Å². The van der Waals surface area contributed by atoms with Gasteiger partial charge < -0.3 is 4.74 Å². The van der Waals surface area contributed by atoms with Gasteiger partial charge in [0.1, 0.15) is 17.4 Å². The molecule has 170 valence electrons. The summed E-state index contributed by atoms with van der Waals surface area (Å²) in [5.41, 5.74) is 3.55. The predicted molar refractivity (Wildman–Crippen MR) is 132 cm³/mol. The van der Waals surface area contributed by atoms with E-state index >= 15 is 4.39 Å². The van der Waals surface area contributed by atoms with Gasteiger partial charge in [-0.1, -0.05) is 67.1 Å². The van der Waals surface area contributed by atoms with E-state index in [1.165, 1.54) is 6.07 Å². The van der Waals surface area contributed by atoms with Gasteiger partial charge in [-0.2, -0.15) is 0 Å². The quantitative estimate of drug-likeness (QED) is 0.243. The zero-order valence-electron chi connectivity index (χ0n) is 18.7. The second-order valence-corrected chi connectivity index (χ2v) is 8.76. The second-order valence-electron chi connectivity index (χ2n) is 8.32. The summed E-state index contributed by atoms with van der Waals surface area (Å²) in [5, 5.41) is 2.19. The Morgan fingerprint density at radius 3 is 2.18 bits per heavy atom. The molecule has 4 heteroatoms. The molecular weight excluding hydrogens is 438 g/mol. The zero-order valence-corrected chi connectivity index (χ0v) is 19.5. The summed E-state index contributed by atoms with van der Waals surface area (Å²) < 4.78 is 35.0. The van der Waals surface area contributed by atoms with Crippen molar-refractivity contribution < 1.29 is 13.5 Å². The minimum absolute atomic E-state index is 0.165. The predicted octanol–water partition coefficient (Wildman–Crippen LogP) is 8.13. The van der Waals surface area contributed by atoms with Gasteiger partial charge in [0.15, 0.2) is 0 Å². The van der Waals surface area contributed by atoms with Crippen LogP contribution in [0.2, 0.25) is 5.02 Å². The Kier molecular flexibility index (Phi) is 7.61. The lowest BCUT2D eigenvalue weighted by molar-refractivity contribution is 0.315. The van der Waals surface area contributed by atoms with Crippen molar-refractivity contribution in [2.45, 2.75) is 39.0 Å². The minimum Gasteiger partial charge on any atom is -0.494 e. The molecule has 0 spiro atoms. The molecule has 0 aliphatic heterocycles. The molecular formula is C29H27ClF2O. The number of hydrogen-bond donors (Lipinski definition) is 0. The van der Waals surface area contributed by atoms with Gasteiger partial charge in [-0.3, -0.25) is 0 Å². The molecule has 0 fully saturated rings. The van der Waals surface area contributed by atoms with Crippen molar-refractivity contribution in [3.8, 4) is 5.75 Å². The molecule has 1 nitrogen and oxygen atoms in total. The van der Waals surface area contributed by atoms with Crippen molar-refractivity contribution in [1.29, 1.82) is 0 Å². The van der Waals surface area contributed by atoms with Crippen molar-refractivity contribution in [3.05, 3.63) is 112 Å². The largest absolute Gasteiger partial charge is 0.494 e. The number of benzene rings is 4. The van der Waals surface area contributed by atoms with E-state index in [1.54, 1.807) is 6.07 Å². The van der Waals surface area contributed by atoms with Crippen molar-refractivity contribution in [2.24, 2.45) is 0 Å². The lowest BCUT2D eigenvalue weighted by atomic mass is 9.97. The van der Waals surface area contributed by atoms with Crippen LogP contribution in [0.25, 0.3) is 10.8 Å². The molecule has 33 heavy (non-hydrogen) atoms. The smallest absolute Gasteiger partial charge is 0.134 e. The summed E-state index contributed by atoms with van der Waals surface area (Å²) in [6.07, 6.45) is 3.53. The topological polar surface area (TPSA) is 9.23 Å². The molecule has 0 bridgehead atoms. The Balaban J connectivity index is 1.43. The highest BCUT2D eigenvalue weighted by atomic mass is 35.5. The highest BCUT2D eigenvalue weighted by molar-refractivity contribution is 6.30. The number of halogens is 3. The molecule has 0 aromatic heterocycles. The van der Waals surface area contributed by atoms with Gasteiger partial charge in [-0.25, -0.2) is 8.78 Å². The first-order valence-electron chi connectivity index (χ1n) is 11.4. The Morgan fingerprint density at radius 1 is 0.727 bits per heavy atom. The molecule has 0 atom stereocenters. The van der Waals surface area contributed by atoms with E-state index in [2.05, 4.69) is 0 Å². The van der Waals surface area contributed by atoms with Gasteiger partial charge in [0.25, 0.3) is 0 Å². The van der Waals surface area contributed by atoms with Crippen LogP contribution in [-0.2, 0) is 25.7 Å². The van der Waals surface area contributed by atoms with Gasteiger partial charge >= 0.3 is 0 Å². The maximum atomic E-state index is 15.1. The number of aryl methyl sites for hydroxylation is 4. The van der Waals surface area contributed by atoms with Crippen molar-refractivity contribution in [3.63, 3.8) is 0 Å². The van der Waals surface area contributed by atoms with Crippen LogP contribution in [0, 0.1) is 11.6 Å². The Bertz CT molecular complexity index is 1230. The van der Waals surface area contributed by atoms with Crippen molar-refractivity contribution >= 4 is 22.4 Å². The van der Waals surface area contributed by atoms with Crippen LogP contribution in [0.3, 0.4) is 0 Å². The van der Waals surface area contributed by atoms with Crippen LogP contribution in [-0.4, -0.2) is 6.61 Å².